The average molecular weight is 387 g/mol. The average Bonchev–Trinajstić information content (AvgIpc) is 3.08. The molecule has 0 spiro atoms. The molecule has 0 aromatic heterocycles. The fraction of sp³-hybridized carbons (Fsp3) is 0.333. The number of hydrogen-bond donors (Lipinski definition) is 1. The maximum absolute atomic E-state index is 14.1. The summed E-state index contributed by atoms with van der Waals surface area (Å²) in [5, 5.41) is 11.6. The van der Waals surface area contributed by atoms with Crippen molar-refractivity contribution in [1.29, 1.82) is 5.26 Å². The highest BCUT2D eigenvalue weighted by Gasteiger charge is 2.40. The molecule has 4 nitrogen and oxygen atoms in total. The first-order valence-electron chi connectivity index (χ1n) is 9.02. The Labute approximate surface area is 161 Å². The molecule has 3 rings (SSSR count). The van der Waals surface area contributed by atoms with E-state index in [2.05, 4.69) is 5.32 Å². The lowest BCUT2D eigenvalue weighted by Crippen LogP contribution is -2.46. The molecule has 1 heterocycles. The van der Waals surface area contributed by atoms with Gasteiger partial charge >= 0.3 is 6.03 Å². The molecule has 1 N–H and O–H groups in total. The van der Waals surface area contributed by atoms with Gasteiger partial charge in [-0.3, -0.25) is 0 Å². The molecule has 0 aliphatic carbocycles. The number of hydrogen-bond acceptors (Lipinski definition) is 2. The first kappa shape index (κ1) is 19.7. The topological polar surface area (TPSA) is 56.1 Å². The third kappa shape index (κ3) is 4.63. The normalized spacial score (nSPS) is 18.9. The summed E-state index contributed by atoms with van der Waals surface area (Å²) in [4.78, 5) is 13.8. The molecule has 0 saturated carbocycles. The van der Waals surface area contributed by atoms with Crippen molar-refractivity contribution in [3.8, 4) is 6.07 Å². The van der Waals surface area contributed by atoms with Crippen molar-refractivity contribution in [1.82, 2.24) is 10.2 Å². The van der Waals surface area contributed by atoms with E-state index in [1.165, 1.54) is 17.0 Å². The number of nitrogens with one attached hydrogen (secondary N) is 1. The van der Waals surface area contributed by atoms with Gasteiger partial charge in [-0.15, -0.1) is 0 Å². The minimum Gasteiger partial charge on any atom is -0.335 e. The van der Waals surface area contributed by atoms with Gasteiger partial charge in [-0.05, 0) is 36.1 Å². The van der Waals surface area contributed by atoms with Crippen LogP contribution in [0.1, 0.15) is 17.5 Å². The summed E-state index contributed by atoms with van der Waals surface area (Å²) < 4.78 is 42.2. The number of carbonyl (C=O) groups excluding carboxylic acids is 1. The second-order valence-electron chi connectivity index (χ2n) is 6.99. The predicted molar refractivity (Wildman–Crippen MR) is 98.2 cm³/mol. The summed E-state index contributed by atoms with van der Waals surface area (Å²) in [6.07, 6.45) is 0.251. The van der Waals surface area contributed by atoms with E-state index in [4.69, 9.17) is 5.26 Å². The number of urea groups is 1. The Hall–Kier alpha value is -3.01. The zero-order valence-electron chi connectivity index (χ0n) is 15.2. The predicted octanol–water partition coefficient (Wildman–Crippen LogP) is 3.77. The highest BCUT2D eigenvalue weighted by atomic mass is 19.1. The molecule has 0 bridgehead atoms. The van der Waals surface area contributed by atoms with Crippen molar-refractivity contribution >= 4 is 6.03 Å². The standard InChI is InChI=1S/C21H20F3N3O/c22-18-7-3-1-5-15(18)11-17(12-16-6-2-4-8-19(16)23)26-20(28)27-10-9-21(24,13-25)14-27/h1-8,17H,9-12,14H2,(H,26,28). The molecular formula is C21H20F3N3O. The minimum absolute atomic E-state index is 0.0534. The van der Waals surface area contributed by atoms with Crippen molar-refractivity contribution in [2.45, 2.75) is 31.0 Å². The Bertz CT molecular complexity index is 851. The van der Waals surface area contributed by atoms with Gasteiger partial charge in [-0.2, -0.15) is 5.26 Å². The molecule has 1 aliphatic rings. The molecule has 1 saturated heterocycles. The van der Waals surface area contributed by atoms with E-state index >= 15 is 0 Å². The minimum atomic E-state index is -2.05. The van der Waals surface area contributed by atoms with Gasteiger partial charge in [0.2, 0.25) is 5.67 Å². The Morgan fingerprint density at radius 1 is 1.11 bits per heavy atom. The van der Waals surface area contributed by atoms with E-state index in [1.807, 2.05) is 0 Å². The first-order chi connectivity index (χ1) is 13.4. The van der Waals surface area contributed by atoms with Crippen LogP contribution in [0.5, 0.6) is 0 Å². The number of alkyl halides is 1. The van der Waals surface area contributed by atoms with E-state index in [1.54, 1.807) is 42.5 Å². The van der Waals surface area contributed by atoms with Crippen LogP contribution in [-0.4, -0.2) is 35.7 Å². The van der Waals surface area contributed by atoms with Gasteiger partial charge in [0.1, 0.15) is 17.7 Å². The highest BCUT2D eigenvalue weighted by Crippen LogP contribution is 2.25. The zero-order chi connectivity index (χ0) is 20.1. The number of halogens is 3. The van der Waals surface area contributed by atoms with Crippen LogP contribution in [0.4, 0.5) is 18.0 Å². The SMILES string of the molecule is N#CC1(F)CCN(C(=O)NC(Cc2ccccc2F)Cc2ccccc2F)C1. The molecular weight excluding hydrogens is 367 g/mol. The molecule has 1 unspecified atom stereocenters. The molecule has 0 radical (unpaired) electrons. The quantitative estimate of drug-likeness (QED) is 0.849. The third-order valence-corrected chi connectivity index (χ3v) is 4.88. The fourth-order valence-electron chi connectivity index (χ4n) is 3.34. The molecule has 1 atom stereocenters. The van der Waals surface area contributed by atoms with Crippen LogP contribution >= 0.6 is 0 Å². The molecule has 7 heteroatoms. The van der Waals surface area contributed by atoms with Gasteiger partial charge in [-0.25, -0.2) is 18.0 Å². The summed E-state index contributed by atoms with van der Waals surface area (Å²) in [5.74, 6) is -0.826. The van der Waals surface area contributed by atoms with Crippen molar-refractivity contribution in [2.24, 2.45) is 0 Å². The van der Waals surface area contributed by atoms with Crippen LogP contribution in [0.15, 0.2) is 48.5 Å². The fourth-order valence-corrected chi connectivity index (χ4v) is 3.34. The Balaban J connectivity index is 1.76. The molecule has 1 aliphatic heterocycles. The number of benzene rings is 2. The lowest BCUT2D eigenvalue weighted by atomic mass is 9.98. The van der Waals surface area contributed by atoms with Gasteiger partial charge in [0.05, 0.1) is 6.54 Å². The number of rotatable bonds is 5. The molecule has 2 aromatic carbocycles. The highest BCUT2D eigenvalue weighted by molar-refractivity contribution is 5.75. The lowest BCUT2D eigenvalue weighted by molar-refractivity contribution is 0.191. The van der Waals surface area contributed by atoms with E-state index in [0.29, 0.717) is 11.1 Å². The monoisotopic (exact) mass is 387 g/mol. The molecule has 1 fully saturated rings. The van der Waals surface area contributed by atoms with Crippen LogP contribution < -0.4 is 5.32 Å². The van der Waals surface area contributed by atoms with Crippen molar-refractivity contribution in [3.63, 3.8) is 0 Å². The Morgan fingerprint density at radius 3 is 2.11 bits per heavy atom. The summed E-state index contributed by atoms with van der Waals surface area (Å²) in [7, 11) is 0. The van der Waals surface area contributed by atoms with Crippen molar-refractivity contribution in [2.75, 3.05) is 13.1 Å². The number of likely N-dealkylation sites (tertiary alicyclic amines) is 1. The third-order valence-electron chi connectivity index (χ3n) is 4.88. The van der Waals surface area contributed by atoms with Gasteiger partial charge < -0.3 is 10.2 Å². The van der Waals surface area contributed by atoms with E-state index in [0.717, 1.165) is 0 Å². The van der Waals surface area contributed by atoms with Gasteiger partial charge in [0.15, 0.2) is 0 Å². The smallest absolute Gasteiger partial charge is 0.317 e. The maximum atomic E-state index is 14.1. The van der Waals surface area contributed by atoms with Crippen LogP contribution in [0, 0.1) is 23.0 Å². The molecule has 28 heavy (non-hydrogen) atoms. The molecule has 2 amide bonds. The summed E-state index contributed by atoms with van der Waals surface area (Å²) in [6.45, 7) is -0.205. The van der Waals surface area contributed by atoms with Crippen LogP contribution in [0.25, 0.3) is 0 Å². The summed E-state index contributed by atoms with van der Waals surface area (Å²) in [5.41, 5.74) is -1.27. The second kappa shape index (κ2) is 8.34. The number of carbonyl (C=O) groups is 1. The number of nitriles is 1. The second-order valence-corrected chi connectivity index (χ2v) is 6.99. The van der Waals surface area contributed by atoms with Gasteiger partial charge in [-0.1, -0.05) is 36.4 Å². The number of nitrogens with zero attached hydrogens (tertiary/aromatic N) is 2. The first-order valence-corrected chi connectivity index (χ1v) is 9.02. The van der Waals surface area contributed by atoms with Crippen LogP contribution in [0.2, 0.25) is 0 Å². The lowest BCUT2D eigenvalue weighted by Gasteiger charge is -2.24. The Morgan fingerprint density at radius 2 is 1.64 bits per heavy atom. The molecule has 146 valence electrons. The summed E-state index contributed by atoms with van der Waals surface area (Å²) in [6, 6.07) is 12.8. The van der Waals surface area contributed by atoms with Crippen molar-refractivity contribution < 1.29 is 18.0 Å². The molecule has 2 aromatic rings. The van der Waals surface area contributed by atoms with Crippen molar-refractivity contribution in [3.05, 3.63) is 71.3 Å². The van der Waals surface area contributed by atoms with E-state index in [-0.39, 0.29) is 32.4 Å². The number of amides is 2. The largest absolute Gasteiger partial charge is 0.335 e. The van der Waals surface area contributed by atoms with Gasteiger partial charge in [0, 0.05) is 19.0 Å². The van der Waals surface area contributed by atoms with Crippen LogP contribution in [0.3, 0.4) is 0 Å². The van der Waals surface area contributed by atoms with E-state index < -0.39 is 29.4 Å². The summed E-state index contributed by atoms with van der Waals surface area (Å²) >= 11 is 0. The van der Waals surface area contributed by atoms with Gasteiger partial charge in [0.25, 0.3) is 0 Å². The zero-order valence-corrected chi connectivity index (χ0v) is 15.2. The van der Waals surface area contributed by atoms with Crippen LogP contribution in [-0.2, 0) is 12.8 Å². The maximum Gasteiger partial charge on any atom is 0.317 e. The van der Waals surface area contributed by atoms with E-state index in [9.17, 15) is 18.0 Å². The Kier molecular flexibility index (Phi) is 5.88.